The molecule has 0 aliphatic heterocycles. The van der Waals surface area contributed by atoms with E-state index in [1.54, 1.807) is 30.3 Å². The largest absolute Gasteiger partial charge is 0.398 e. The molecular formula is C14H11BrCl2N2O. The molecule has 2 aromatic carbocycles. The molecule has 20 heavy (non-hydrogen) atoms. The predicted octanol–water partition coefficient (Wildman–Crippen LogP) is 4.90. The minimum absolute atomic E-state index is 0.300. The molecule has 0 spiro atoms. The lowest BCUT2D eigenvalue weighted by Gasteiger charge is -2.10. The van der Waals surface area contributed by atoms with Crippen LogP contribution in [0, 0.1) is 6.92 Å². The molecule has 3 nitrogen and oxygen atoms in total. The number of hydrogen-bond donors (Lipinski definition) is 2. The molecule has 0 saturated heterocycles. The van der Waals surface area contributed by atoms with E-state index in [1.165, 1.54) is 0 Å². The summed E-state index contributed by atoms with van der Waals surface area (Å²) in [6.45, 7) is 1.84. The smallest absolute Gasteiger partial charge is 0.255 e. The Morgan fingerprint density at radius 1 is 1.20 bits per heavy atom. The van der Waals surface area contributed by atoms with Crippen molar-refractivity contribution in [1.29, 1.82) is 0 Å². The number of halogens is 3. The highest BCUT2D eigenvalue weighted by Gasteiger charge is 2.11. The first-order valence-electron chi connectivity index (χ1n) is 5.70. The van der Waals surface area contributed by atoms with Gasteiger partial charge >= 0.3 is 0 Å². The van der Waals surface area contributed by atoms with E-state index in [0.29, 0.717) is 27.0 Å². The average Bonchev–Trinajstić information content (AvgIpc) is 2.39. The van der Waals surface area contributed by atoms with Gasteiger partial charge in [-0.2, -0.15) is 0 Å². The van der Waals surface area contributed by atoms with Gasteiger partial charge in [0.15, 0.2) is 0 Å². The predicted molar refractivity (Wildman–Crippen MR) is 87.7 cm³/mol. The lowest BCUT2D eigenvalue weighted by atomic mass is 10.1. The van der Waals surface area contributed by atoms with E-state index < -0.39 is 0 Å². The van der Waals surface area contributed by atoms with Crippen LogP contribution in [0.15, 0.2) is 34.8 Å². The summed E-state index contributed by atoms with van der Waals surface area (Å²) in [6.07, 6.45) is 0. The van der Waals surface area contributed by atoms with E-state index in [4.69, 9.17) is 28.9 Å². The Bertz CT molecular complexity index is 689. The summed E-state index contributed by atoms with van der Waals surface area (Å²) in [6, 6.07) is 8.30. The SMILES string of the molecule is Cc1cc(Cl)c(NC(=O)c2ccc(Br)c(N)c2)cc1Cl. The number of anilines is 2. The number of benzene rings is 2. The van der Waals surface area contributed by atoms with Gasteiger partial charge in [0.25, 0.3) is 5.91 Å². The van der Waals surface area contributed by atoms with Crippen LogP contribution in [-0.4, -0.2) is 5.91 Å². The normalized spacial score (nSPS) is 10.4. The third kappa shape index (κ3) is 3.26. The van der Waals surface area contributed by atoms with E-state index in [9.17, 15) is 4.79 Å². The number of carbonyl (C=O) groups excluding carboxylic acids is 1. The van der Waals surface area contributed by atoms with Crippen molar-refractivity contribution in [3.63, 3.8) is 0 Å². The summed E-state index contributed by atoms with van der Waals surface area (Å²) in [5.41, 5.74) is 8.00. The second-order valence-corrected chi connectivity index (χ2v) is 5.94. The highest BCUT2D eigenvalue weighted by molar-refractivity contribution is 9.10. The molecule has 0 aromatic heterocycles. The van der Waals surface area contributed by atoms with Crippen molar-refractivity contribution in [2.45, 2.75) is 6.92 Å². The molecule has 2 aromatic rings. The van der Waals surface area contributed by atoms with Gasteiger partial charge in [0, 0.05) is 20.7 Å². The number of nitrogen functional groups attached to an aromatic ring is 1. The van der Waals surface area contributed by atoms with Crippen molar-refractivity contribution in [3.05, 3.63) is 56.0 Å². The zero-order valence-electron chi connectivity index (χ0n) is 10.5. The monoisotopic (exact) mass is 372 g/mol. The lowest BCUT2D eigenvalue weighted by molar-refractivity contribution is 0.102. The van der Waals surface area contributed by atoms with E-state index in [-0.39, 0.29) is 5.91 Å². The molecule has 2 rings (SSSR count). The molecule has 6 heteroatoms. The number of hydrogen-bond acceptors (Lipinski definition) is 2. The zero-order chi connectivity index (χ0) is 14.9. The number of amides is 1. The molecule has 3 N–H and O–H groups in total. The van der Waals surface area contributed by atoms with Gasteiger partial charge in [-0.25, -0.2) is 0 Å². The van der Waals surface area contributed by atoms with Crippen LogP contribution < -0.4 is 11.1 Å². The van der Waals surface area contributed by atoms with Gasteiger partial charge in [0.2, 0.25) is 0 Å². The van der Waals surface area contributed by atoms with E-state index in [1.807, 2.05) is 6.92 Å². The second-order valence-electron chi connectivity index (χ2n) is 4.27. The summed E-state index contributed by atoms with van der Waals surface area (Å²) >= 11 is 15.4. The quantitative estimate of drug-likeness (QED) is 0.735. The highest BCUT2D eigenvalue weighted by Crippen LogP contribution is 2.29. The van der Waals surface area contributed by atoms with Crippen LogP contribution in [0.25, 0.3) is 0 Å². The maximum absolute atomic E-state index is 12.1. The molecule has 0 aliphatic rings. The Kier molecular flexibility index (Phi) is 4.58. The van der Waals surface area contributed by atoms with Crippen molar-refractivity contribution in [3.8, 4) is 0 Å². The number of carbonyl (C=O) groups is 1. The van der Waals surface area contributed by atoms with Gasteiger partial charge in [-0.15, -0.1) is 0 Å². The van der Waals surface area contributed by atoms with Crippen molar-refractivity contribution < 1.29 is 4.79 Å². The number of nitrogens with one attached hydrogen (secondary N) is 1. The van der Waals surface area contributed by atoms with Crippen molar-refractivity contribution >= 4 is 56.4 Å². The first kappa shape index (κ1) is 15.2. The Hall–Kier alpha value is -1.23. The molecule has 0 aliphatic carbocycles. The Balaban J connectivity index is 2.27. The number of rotatable bonds is 2. The summed E-state index contributed by atoms with van der Waals surface area (Å²) in [7, 11) is 0. The van der Waals surface area contributed by atoms with Gasteiger partial charge in [-0.3, -0.25) is 4.79 Å². The third-order valence-electron chi connectivity index (χ3n) is 2.75. The molecule has 104 valence electrons. The fourth-order valence-electron chi connectivity index (χ4n) is 1.62. The molecule has 0 saturated carbocycles. The van der Waals surface area contributed by atoms with Gasteiger partial charge in [-0.1, -0.05) is 23.2 Å². The Labute approximate surface area is 135 Å². The average molecular weight is 374 g/mol. The minimum Gasteiger partial charge on any atom is -0.398 e. The van der Waals surface area contributed by atoms with Crippen molar-refractivity contribution in [2.75, 3.05) is 11.1 Å². The maximum atomic E-state index is 12.1. The van der Waals surface area contributed by atoms with Crippen LogP contribution in [-0.2, 0) is 0 Å². The van der Waals surface area contributed by atoms with Gasteiger partial charge in [-0.05, 0) is 58.7 Å². The molecule has 0 fully saturated rings. The molecule has 0 unspecified atom stereocenters. The molecule has 0 bridgehead atoms. The summed E-state index contributed by atoms with van der Waals surface area (Å²) < 4.78 is 0.741. The molecule has 0 radical (unpaired) electrons. The molecule has 0 atom stereocenters. The summed E-state index contributed by atoms with van der Waals surface area (Å²) in [5.74, 6) is -0.300. The summed E-state index contributed by atoms with van der Waals surface area (Å²) in [4.78, 5) is 12.1. The Morgan fingerprint density at radius 3 is 2.55 bits per heavy atom. The topological polar surface area (TPSA) is 55.1 Å². The van der Waals surface area contributed by atoms with Gasteiger partial charge in [0.05, 0.1) is 10.7 Å². The van der Waals surface area contributed by atoms with Gasteiger partial charge in [0.1, 0.15) is 0 Å². The third-order valence-corrected chi connectivity index (χ3v) is 4.20. The first-order chi connectivity index (χ1) is 9.38. The molecule has 1 amide bonds. The fourth-order valence-corrected chi connectivity index (χ4v) is 2.30. The molecule has 0 heterocycles. The fraction of sp³-hybridized carbons (Fsp3) is 0.0714. The van der Waals surface area contributed by atoms with Crippen molar-refractivity contribution in [2.24, 2.45) is 0 Å². The van der Waals surface area contributed by atoms with Crippen LogP contribution >= 0.6 is 39.1 Å². The molecular weight excluding hydrogens is 363 g/mol. The van der Waals surface area contributed by atoms with E-state index in [2.05, 4.69) is 21.2 Å². The lowest BCUT2D eigenvalue weighted by Crippen LogP contribution is -2.12. The number of aryl methyl sites for hydroxylation is 1. The second kappa shape index (κ2) is 6.04. The number of nitrogens with two attached hydrogens (primary N) is 1. The summed E-state index contributed by atoms with van der Waals surface area (Å²) in [5, 5.41) is 3.69. The van der Waals surface area contributed by atoms with Gasteiger partial charge < -0.3 is 11.1 Å². The van der Waals surface area contributed by atoms with Crippen LogP contribution in [0.2, 0.25) is 10.0 Å². The maximum Gasteiger partial charge on any atom is 0.255 e. The van der Waals surface area contributed by atoms with E-state index in [0.717, 1.165) is 10.0 Å². The standard InChI is InChI=1S/C14H11BrCl2N2O/c1-7-4-11(17)13(6-10(7)16)19-14(20)8-2-3-9(15)12(18)5-8/h2-6H,18H2,1H3,(H,19,20). The van der Waals surface area contributed by atoms with Crippen LogP contribution in [0.5, 0.6) is 0 Å². The Morgan fingerprint density at radius 2 is 1.90 bits per heavy atom. The highest BCUT2D eigenvalue weighted by atomic mass is 79.9. The van der Waals surface area contributed by atoms with Crippen LogP contribution in [0.3, 0.4) is 0 Å². The van der Waals surface area contributed by atoms with E-state index >= 15 is 0 Å². The van der Waals surface area contributed by atoms with Crippen LogP contribution in [0.4, 0.5) is 11.4 Å². The van der Waals surface area contributed by atoms with Crippen molar-refractivity contribution in [1.82, 2.24) is 0 Å². The zero-order valence-corrected chi connectivity index (χ0v) is 13.6. The first-order valence-corrected chi connectivity index (χ1v) is 7.25. The minimum atomic E-state index is -0.300. The van der Waals surface area contributed by atoms with Crippen LogP contribution in [0.1, 0.15) is 15.9 Å².